The van der Waals surface area contributed by atoms with Gasteiger partial charge in [-0.3, -0.25) is 4.79 Å². The van der Waals surface area contributed by atoms with Crippen molar-refractivity contribution in [1.29, 1.82) is 0 Å². The fourth-order valence-corrected chi connectivity index (χ4v) is 1.72. The number of rotatable bonds is 4. The fourth-order valence-electron chi connectivity index (χ4n) is 1.14. The van der Waals surface area contributed by atoms with Gasteiger partial charge in [0.2, 0.25) is 0 Å². The van der Waals surface area contributed by atoms with E-state index in [4.69, 9.17) is 5.11 Å². The molecule has 1 rings (SSSR count). The maximum absolute atomic E-state index is 12.8. The molecule has 0 bridgehead atoms. The van der Waals surface area contributed by atoms with E-state index in [0.29, 0.717) is 16.4 Å². The van der Waals surface area contributed by atoms with Crippen LogP contribution in [0.15, 0.2) is 18.2 Å². The number of aryl methyl sites for hydroxylation is 1. The van der Waals surface area contributed by atoms with Gasteiger partial charge in [-0.1, -0.05) is 6.07 Å². The van der Waals surface area contributed by atoms with Gasteiger partial charge in [-0.25, -0.2) is 4.39 Å². The second-order valence-electron chi connectivity index (χ2n) is 3.00. The van der Waals surface area contributed by atoms with E-state index in [-0.39, 0.29) is 12.2 Å². The maximum atomic E-state index is 12.8. The molecule has 4 heteroatoms. The molecule has 0 heterocycles. The Morgan fingerprint density at radius 1 is 1.50 bits per heavy atom. The van der Waals surface area contributed by atoms with Gasteiger partial charge in [-0.05, 0) is 53.1 Å². The molecule has 14 heavy (non-hydrogen) atoms. The zero-order valence-corrected chi connectivity index (χ0v) is 9.62. The first-order valence-electron chi connectivity index (χ1n) is 4.25. The van der Waals surface area contributed by atoms with E-state index >= 15 is 0 Å². The van der Waals surface area contributed by atoms with Crippen LogP contribution in [-0.4, -0.2) is 11.1 Å². The predicted octanol–water partition coefficient (Wildman–Crippen LogP) is 2.84. The van der Waals surface area contributed by atoms with Crippen LogP contribution in [-0.2, 0) is 11.2 Å². The number of halogens is 2. The SMILES string of the molecule is O=C(O)CCCc1ccc(F)c(I)c1. The lowest BCUT2D eigenvalue weighted by atomic mass is 10.1. The lowest BCUT2D eigenvalue weighted by molar-refractivity contribution is -0.137. The average Bonchev–Trinajstić information content (AvgIpc) is 2.10. The highest BCUT2D eigenvalue weighted by atomic mass is 127. The van der Waals surface area contributed by atoms with E-state index in [1.54, 1.807) is 12.1 Å². The Hall–Kier alpha value is -0.650. The zero-order chi connectivity index (χ0) is 10.6. The first-order valence-corrected chi connectivity index (χ1v) is 5.33. The topological polar surface area (TPSA) is 37.3 Å². The highest BCUT2D eigenvalue weighted by Crippen LogP contribution is 2.14. The van der Waals surface area contributed by atoms with E-state index < -0.39 is 5.97 Å². The first-order chi connectivity index (χ1) is 6.59. The normalized spacial score (nSPS) is 10.1. The van der Waals surface area contributed by atoms with Crippen molar-refractivity contribution in [3.05, 3.63) is 33.1 Å². The third-order valence-electron chi connectivity index (χ3n) is 1.84. The fraction of sp³-hybridized carbons (Fsp3) is 0.300. The van der Waals surface area contributed by atoms with Crippen LogP contribution >= 0.6 is 22.6 Å². The van der Waals surface area contributed by atoms with E-state index in [1.165, 1.54) is 6.07 Å². The third-order valence-corrected chi connectivity index (χ3v) is 2.67. The molecule has 0 saturated heterocycles. The van der Waals surface area contributed by atoms with Gasteiger partial charge < -0.3 is 5.11 Å². The van der Waals surface area contributed by atoms with Crippen LogP contribution in [0.2, 0.25) is 0 Å². The van der Waals surface area contributed by atoms with Crippen LogP contribution in [0.4, 0.5) is 4.39 Å². The minimum absolute atomic E-state index is 0.161. The Labute approximate surface area is 95.3 Å². The molecule has 0 fully saturated rings. The van der Waals surface area contributed by atoms with Crippen LogP contribution < -0.4 is 0 Å². The minimum Gasteiger partial charge on any atom is -0.481 e. The number of benzene rings is 1. The summed E-state index contributed by atoms with van der Waals surface area (Å²) in [5.74, 6) is -1.02. The molecule has 0 saturated carbocycles. The van der Waals surface area contributed by atoms with Crippen molar-refractivity contribution in [2.75, 3.05) is 0 Å². The molecule has 2 nitrogen and oxygen atoms in total. The maximum Gasteiger partial charge on any atom is 0.303 e. The molecule has 1 N–H and O–H groups in total. The number of carboxylic acid groups (broad SMARTS) is 1. The molecule has 1 aromatic carbocycles. The molecule has 0 spiro atoms. The van der Waals surface area contributed by atoms with E-state index in [9.17, 15) is 9.18 Å². The summed E-state index contributed by atoms with van der Waals surface area (Å²) >= 11 is 1.92. The summed E-state index contributed by atoms with van der Waals surface area (Å²) in [6, 6.07) is 4.86. The first kappa shape index (κ1) is 11.4. The molecule has 0 unspecified atom stereocenters. The van der Waals surface area contributed by atoms with Gasteiger partial charge in [-0.15, -0.1) is 0 Å². The highest BCUT2D eigenvalue weighted by Gasteiger charge is 2.01. The van der Waals surface area contributed by atoms with E-state index in [0.717, 1.165) is 5.56 Å². The quantitative estimate of drug-likeness (QED) is 0.869. The van der Waals surface area contributed by atoms with Gasteiger partial charge in [-0.2, -0.15) is 0 Å². The number of hydrogen-bond donors (Lipinski definition) is 1. The Bertz CT molecular complexity index is 339. The second kappa shape index (κ2) is 5.29. The van der Waals surface area contributed by atoms with Crippen LogP contribution in [0, 0.1) is 9.39 Å². The number of carbonyl (C=O) groups is 1. The van der Waals surface area contributed by atoms with Crippen molar-refractivity contribution in [3.63, 3.8) is 0 Å². The number of carboxylic acids is 1. The van der Waals surface area contributed by atoms with Crippen molar-refractivity contribution in [2.45, 2.75) is 19.3 Å². The van der Waals surface area contributed by atoms with Crippen molar-refractivity contribution in [3.8, 4) is 0 Å². The van der Waals surface area contributed by atoms with Gasteiger partial charge >= 0.3 is 5.97 Å². The standard InChI is InChI=1S/C10H10FIO2/c11-8-5-4-7(6-9(8)12)2-1-3-10(13)14/h4-6H,1-3H2,(H,13,14). The number of hydrogen-bond acceptors (Lipinski definition) is 1. The second-order valence-corrected chi connectivity index (χ2v) is 4.16. The van der Waals surface area contributed by atoms with Crippen LogP contribution in [0.5, 0.6) is 0 Å². The Morgan fingerprint density at radius 3 is 2.79 bits per heavy atom. The summed E-state index contributed by atoms with van der Waals surface area (Å²) in [6.07, 6.45) is 1.44. The minimum atomic E-state index is -0.790. The molecule has 0 amide bonds. The van der Waals surface area contributed by atoms with Gasteiger partial charge in [0.05, 0.1) is 0 Å². The average molecular weight is 308 g/mol. The molecular weight excluding hydrogens is 298 g/mol. The van der Waals surface area contributed by atoms with Gasteiger partial charge in [0.15, 0.2) is 0 Å². The predicted molar refractivity (Wildman–Crippen MR) is 59.7 cm³/mol. The molecule has 0 aliphatic carbocycles. The molecular formula is C10H10FIO2. The molecule has 0 radical (unpaired) electrons. The zero-order valence-electron chi connectivity index (χ0n) is 7.46. The molecule has 0 atom stereocenters. The van der Waals surface area contributed by atoms with Gasteiger partial charge in [0.25, 0.3) is 0 Å². The molecule has 0 aliphatic rings. The van der Waals surface area contributed by atoms with Crippen molar-refractivity contribution in [2.24, 2.45) is 0 Å². The summed E-state index contributed by atoms with van der Waals surface area (Å²) in [7, 11) is 0. The van der Waals surface area contributed by atoms with Gasteiger partial charge in [0, 0.05) is 9.99 Å². The Kier molecular flexibility index (Phi) is 4.31. The van der Waals surface area contributed by atoms with Crippen LogP contribution in [0.25, 0.3) is 0 Å². The Morgan fingerprint density at radius 2 is 2.21 bits per heavy atom. The Balaban J connectivity index is 2.51. The van der Waals surface area contributed by atoms with Crippen LogP contribution in [0.3, 0.4) is 0 Å². The smallest absolute Gasteiger partial charge is 0.303 e. The molecule has 1 aromatic rings. The number of aliphatic carboxylic acids is 1. The molecule has 0 aliphatic heterocycles. The van der Waals surface area contributed by atoms with Crippen molar-refractivity contribution < 1.29 is 14.3 Å². The lowest BCUT2D eigenvalue weighted by Crippen LogP contribution is -1.96. The summed E-state index contributed by atoms with van der Waals surface area (Å²) < 4.78 is 13.4. The largest absolute Gasteiger partial charge is 0.481 e. The third kappa shape index (κ3) is 3.61. The monoisotopic (exact) mass is 308 g/mol. The van der Waals surface area contributed by atoms with Gasteiger partial charge in [0.1, 0.15) is 5.82 Å². The van der Waals surface area contributed by atoms with Crippen molar-refractivity contribution in [1.82, 2.24) is 0 Å². The summed E-state index contributed by atoms with van der Waals surface area (Å²) in [5.41, 5.74) is 0.983. The highest BCUT2D eigenvalue weighted by molar-refractivity contribution is 14.1. The van der Waals surface area contributed by atoms with E-state index in [1.807, 2.05) is 22.6 Å². The molecule has 0 aromatic heterocycles. The summed E-state index contributed by atoms with van der Waals surface area (Å²) in [6.45, 7) is 0. The van der Waals surface area contributed by atoms with Crippen LogP contribution in [0.1, 0.15) is 18.4 Å². The summed E-state index contributed by atoms with van der Waals surface area (Å²) in [4.78, 5) is 10.2. The lowest BCUT2D eigenvalue weighted by Gasteiger charge is -2.01. The molecule has 76 valence electrons. The van der Waals surface area contributed by atoms with E-state index in [2.05, 4.69) is 0 Å². The summed E-state index contributed by atoms with van der Waals surface area (Å²) in [5, 5.41) is 8.43. The van der Waals surface area contributed by atoms with Crippen molar-refractivity contribution >= 4 is 28.6 Å².